The molecule has 0 radical (unpaired) electrons. The van der Waals surface area contributed by atoms with Gasteiger partial charge in [-0.2, -0.15) is 0 Å². The van der Waals surface area contributed by atoms with Gasteiger partial charge in [0.1, 0.15) is 5.76 Å². The number of fused-ring (bicyclic) bond motifs is 1. The molecule has 2 aromatic carbocycles. The molecule has 0 spiro atoms. The summed E-state index contributed by atoms with van der Waals surface area (Å²) in [5.41, 5.74) is 6.25. The molecule has 2 heterocycles. The maximum Gasteiger partial charge on any atom is 0.223 e. The summed E-state index contributed by atoms with van der Waals surface area (Å²) in [6, 6.07) is 14.7. The molecule has 4 rings (SSSR count). The van der Waals surface area contributed by atoms with Gasteiger partial charge in [-0.3, -0.25) is 0 Å². The van der Waals surface area contributed by atoms with Crippen LogP contribution in [0.1, 0.15) is 11.5 Å². The number of nitrogens with one attached hydrogen (secondary N) is 2. The Morgan fingerprint density at radius 1 is 0.964 bits per heavy atom. The van der Waals surface area contributed by atoms with Gasteiger partial charge in [0, 0.05) is 30.2 Å². The van der Waals surface area contributed by atoms with Gasteiger partial charge in [0.15, 0.2) is 0 Å². The molecular weight excluding hydrogens is 350 g/mol. The molecule has 0 amide bonds. The Kier molecular flexibility index (Phi) is 5.04. The van der Waals surface area contributed by atoms with E-state index in [0.717, 1.165) is 57.7 Å². The molecule has 0 saturated heterocycles. The third-order valence-electron chi connectivity index (χ3n) is 4.76. The van der Waals surface area contributed by atoms with E-state index in [9.17, 15) is 0 Å². The largest absolute Gasteiger partial charge is 0.361 e. The fourth-order valence-electron chi connectivity index (χ4n) is 3.35. The average Bonchev–Trinajstić information content (AvgIpc) is 3.06. The summed E-state index contributed by atoms with van der Waals surface area (Å²) in [7, 11) is 1.92. The molecule has 2 N–H and O–H groups in total. The number of hydrogen-bond donors (Lipinski definition) is 2. The number of aryl methyl sites for hydroxylation is 2. The van der Waals surface area contributed by atoms with Crippen molar-refractivity contribution in [2.24, 2.45) is 0 Å². The van der Waals surface area contributed by atoms with E-state index in [4.69, 9.17) is 4.52 Å². The first-order chi connectivity index (χ1) is 13.7. The first kappa shape index (κ1) is 18.1. The lowest BCUT2D eigenvalue weighted by molar-refractivity contribution is 0.393. The lowest BCUT2D eigenvalue weighted by atomic mass is 9.97. The summed E-state index contributed by atoms with van der Waals surface area (Å²) in [5.74, 6) is 1.48. The maximum absolute atomic E-state index is 5.32. The number of likely N-dealkylation sites (N-methyl/N-ethyl adjacent to an activating group) is 1. The Bertz CT molecular complexity index is 1100. The van der Waals surface area contributed by atoms with Crippen LogP contribution in [0.25, 0.3) is 33.2 Å². The summed E-state index contributed by atoms with van der Waals surface area (Å²) in [6.45, 7) is 5.56. The van der Waals surface area contributed by atoms with Crippen LogP contribution in [0.3, 0.4) is 0 Å². The van der Waals surface area contributed by atoms with Crippen LogP contribution in [0.15, 0.2) is 53.2 Å². The summed E-state index contributed by atoms with van der Waals surface area (Å²) < 4.78 is 5.32. The minimum Gasteiger partial charge on any atom is -0.361 e. The van der Waals surface area contributed by atoms with Crippen LogP contribution >= 0.6 is 0 Å². The van der Waals surface area contributed by atoms with E-state index in [2.05, 4.69) is 62.2 Å². The van der Waals surface area contributed by atoms with E-state index in [0.29, 0.717) is 5.95 Å². The zero-order chi connectivity index (χ0) is 19.5. The summed E-state index contributed by atoms with van der Waals surface area (Å²) in [6.07, 6.45) is 1.87. The minimum atomic E-state index is 0.649. The molecule has 0 aliphatic heterocycles. The van der Waals surface area contributed by atoms with E-state index >= 15 is 0 Å². The highest BCUT2D eigenvalue weighted by Crippen LogP contribution is 2.31. The van der Waals surface area contributed by atoms with Crippen molar-refractivity contribution in [3.8, 4) is 22.3 Å². The van der Waals surface area contributed by atoms with Gasteiger partial charge in [0.2, 0.25) is 5.95 Å². The first-order valence-corrected chi connectivity index (χ1v) is 9.34. The number of nitrogens with zero attached hydrogens (tertiary/aromatic N) is 3. The highest BCUT2D eigenvalue weighted by Gasteiger charge is 2.12. The lowest BCUT2D eigenvalue weighted by Crippen LogP contribution is -2.18. The SMILES string of the molecule is CNCCNc1ncc2cc(-c3cccc(-c4c(C)noc4C)c3)ccc2n1. The maximum atomic E-state index is 5.32. The fourth-order valence-corrected chi connectivity index (χ4v) is 3.35. The topological polar surface area (TPSA) is 75.9 Å². The van der Waals surface area contributed by atoms with Crippen molar-refractivity contribution in [3.05, 3.63) is 60.1 Å². The van der Waals surface area contributed by atoms with Gasteiger partial charge in [-0.15, -0.1) is 0 Å². The molecule has 28 heavy (non-hydrogen) atoms. The molecule has 4 aromatic rings. The number of rotatable bonds is 6. The standard InChI is InChI=1S/C22H23N5O/c1-14-21(15(2)28-27-14)18-6-4-5-16(11-18)17-7-8-20-19(12-17)13-25-22(26-20)24-10-9-23-3/h4-8,11-13,23H,9-10H2,1-3H3,(H,24,25,26). The van der Waals surface area contributed by atoms with Crippen LogP contribution < -0.4 is 10.6 Å². The summed E-state index contributed by atoms with van der Waals surface area (Å²) >= 11 is 0. The predicted octanol–water partition coefficient (Wildman–Crippen LogP) is 4.20. The van der Waals surface area contributed by atoms with E-state index < -0.39 is 0 Å². The van der Waals surface area contributed by atoms with Crippen LogP contribution in [-0.2, 0) is 0 Å². The van der Waals surface area contributed by atoms with Crippen LogP contribution in [-0.4, -0.2) is 35.3 Å². The fraction of sp³-hybridized carbons (Fsp3) is 0.227. The number of benzene rings is 2. The molecule has 6 nitrogen and oxygen atoms in total. The molecule has 0 aliphatic rings. The Morgan fingerprint density at radius 3 is 2.57 bits per heavy atom. The molecule has 6 heteroatoms. The zero-order valence-corrected chi connectivity index (χ0v) is 16.3. The van der Waals surface area contributed by atoms with Crippen LogP contribution in [0.4, 0.5) is 5.95 Å². The van der Waals surface area contributed by atoms with Gasteiger partial charge < -0.3 is 15.2 Å². The van der Waals surface area contributed by atoms with Gasteiger partial charge in [0.25, 0.3) is 0 Å². The van der Waals surface area contributed by atoms with Gasteiger partial charge in [0.05, 0.1) is 11.2 Å². The number of anilines is 1. The van der Waals surface area contributed by atoms with Crippen LogP contribution in [0.5, 0.6) is 0 Å². The lowest BCUT2D eigenvalue weighted by Gasteiger charge is -2.08. The second-order valence-electron chi connectivity index (χ2n) is 6.78. The second-order valence-corrected chi connectivity index (χ2v) is 6.78. The molecule has 0 bridgehead atoms. The smallest absolute Gasteiger partial charge is 0.223 e. The second kappa shape index (κ2) is 7.78. The molecule has 0 unspecified atom stereocenters. The summed E-state index contributed by atoms with van der Waals surface area (Å²) in [4.78, 5) is 9.02. The molecule has 142 valence electrons. The molecule has 0 saturated carbocycles. The third kappa shape index (κ3) is 3.59. The van der Waals surface area contributed by atoms with Crippen molar-refractivity contribution in [1.29, 1.82) is 0 Å². The van der Waals surface area contributed by atoms with Gasteiger partial charge in [-0.05, 0) is 55.8 Å². The van der Waals surface area contributed by atoms with Crippen molar-refractivity contribution in [3.63, 3.8) is 0 Å². The molecular formula is C22H23N5O. The minimum absolute atomic E-state index is 0.649. The van der Waals surface area contributed by atoms with Gasteiger partial charge >= 0.3 is 0 Å². The van der Waals surface area contributed by atoms with Crippen molar-refractivity contribution in [2.75, 3.05) is 25.5 Å². The van der Waals surface area contributed by atoms with Crippen molar-refractivity contribution in [2.45, 2.75) is 13.8 Å². The third-order valence-corrected chi connectivity index (χ3v) is 4.76. The van der Waals surface area contributed by atoms with Crippen molar-refractivity contribution < 1.29 is 4.52 Å². The number of aromatic nitrogens is 3. The van der Waals surface area contributed by atoms with Gasteiger partial charge in [-0.25, -0.2) is 9.97 Å². The van der Waals surface area contributed by atoms with Crippen LogP contribution in [0, 0.1) is 13.8 Å². The Morgan fingerprint density at radius 2 is 1.79 bits per heavy atom. The average molecular weight is 373 g/mol. The van der Waals surface area contributed by atoms with E-state index in [1.807, 2.05) is 33.2 Å². The van der Waals surface area contributed by atoms with Crippen molar-refractivity contribution in [1.82, 2.24) is 20.4 Å². The molecule has 0 atom stereocenters. The highest BCUT2D eigenvalue weighted by molar-refractivity contribution is 5.85. The van der Waals surface area contributed by atoms with Crippen LogP contribution in [0.2, 0.25) is 0 Å². The first-order valence-electron chi connectivity index (χ1n) is 9.34. The highest BCUT2D eigenvalue weighted by atomic mass is 16.5. The van der Waals surface area contributed by atoms with E-state index in [1.54, 1.807) is 0 Å². The Balaban J connectivity index is 1.66. The van der Waals surface area contributed by atoms with E-state index in [1.165, 1.54) is 0 Å². The molecule has 0 fully saturated rings. The normalized spacial score (nSPS) is 11.1. The van der Waals surface area contributed by atoms with Crippen molar-refractivity contribution >= 4 is 16.9 Å². The Hall–Kier alpha value is -3.25. The summed E-state index contributed by atoms with van der Waals surface area (Å²) in [5, 5.41) is 11.4. The van der Waals surface area contributed by atoms with Gasteiger partial charge in [-0.1, -0.05) is 29.4 Å². The quantitative estimate of drug-likeness (QED) is 0.493. The molecule has 0 aliphatic carbocycles. The Labute approximate surface area is 164 Å². The monoisotopic (exact) mass is 373 g/mol. The predicted molar refractivity (Wildman–Crippen MR) is 112 cm³/mol. The number of hydrogen-bond acceptors (Lipinski definition) is 6. The molecule has 2 aromatic heterocycles. The van der Waals surface area contributed by atoms with E-state index in [-0.39, 0.29) is 0 Å². The zero-order valence-electron chi connectivity index (χ0n) is 16.3.